The van der Waals surface area contributed by atoms with Gasteiger partial charge in [-0.05, 0) is 38.1 Å². The number of imidazole rings is 1. The minimum Gasteiger partial charge on any atom is -0.460 e. The number of nitrogens with zero attached hydrogens (tertiary/aromatic N) is 2. The van der Waals surface area contributed by atoms with E-state index in [0.29, 0.717) is 6.54 Å². The van der Waals surface area contributed by atoms with E-state index in [1.54, 1.807) is 0 Å². The molecule has 2 aromatic heterocycles. The van der Waals surface area contributed by atoms with Gasteiger partial charge in [0.05, 0.1) is 23.6 Å². The number of benzene rings is 2. The number of aryl methyl sites for hydroxylation is 1. The van der Waals surface area contributed by atoms with Gasteiger partial charge in [0.2, 0.25) is 0 Å². The molecule has 0 saturated carbocycles. The predicted molar refractivity (Wildman–Crippen MR) is 96.9 cm³/mol. The molecule has 0 fully saturated rings. The van der Waals surface area contributed by atoms with Crippen molar-refractivity contribution >= 4 is 22.0 Å². The van der Waals surface area contributed by atoms with Gasteiger partial charge in [0.1, 0.15) is 17.2 Å². The highest BCUT2D eigenvalue weighted by Gasteiger charge is 2.15. The second-order valence-electron chi connectivity index (χ2n) is 6.06. The standard InChI is InChI=1S/C20H21N3O/c1-3-23-18-10-6-5-9-17(18)22-20(23)14(2)21-13-16-12-15-8-4-7-11-19(15)24-16/h4-12,14,21H,3,13H2,1-2H3. The lowest BCUT2D eigenvalue weighted by Gasteiger charge is -2.14. The summed E-state index contributed by atoms with van der Waals surface area (Å²) < 4.78 is 8.15. The molecule has 24 heavy (non-hydrogen) atoms. The van der Waals surface area contributed by atoms with Crippen LogP contribution >= 0.6 is 0 Å². The zero-order chi connectivity index (χ0) is 16.5. The van der Waals surface area contributed by atoms with Crippen LogP contribution in [0.25, 0.3) is 22.0 Å². The van der Waals surface area contributed by atoms with Crippen molar-refractivity contribution < 1.29 is 4.42 Å². The van der Waals surface area contributed by atoms with E-state index in [0.717, 1.165) is 34.6 Å². The van der Waals surface area contributed by atoms with E-state index in [4.69, 9.17) is 9.40 Å². The molecule has 0 radical (unpaired) electrons. The Bertz CT molecular complexity index is 950. The van der Waals surface area contributed by atoms with Crippen LogP contribution in [0.3, 0.4) is 0 Å². The zero-order valence-corrected chi connectivity index (χ0v) is 14.0. The van der Waals surface area contributed by atoms with Gasteiger partial charge in [0, 0.05) is 11.9 Å². The first kappa shape index (κ1) is 15.0. The maximum Gasteiger partial charge on any atom is 0.134 e. The molecule has 1 atom stereocenters. The van der Waals surface area contributed by atoms with Gasteiger partial charge in [-0.2, -0.15) is 0 Å². The van der Waals surface area contributed by atoms with E-state index in [1.165, 1.54) is 5.52 Å². The van der Waals surface area contributed by atoms with Crippen LogP contribution in [0.15, 0.2) is 59.0 Å². The second-order valence-corrected chi connectivity index (χ2v) is 6.06. The molecule has 0 aliphatic heterocycles. The van der Waals surface area contributed by atoms with Gasteiger partial charge in [-0.25, -0.2) is 4.98 Å². The van der Waals surface area contributed by atoms with Gasteiger partial charge in [0.25, 0.3) is 0 Å². The molecule has 0 saturated heterocycles. The van der Waals surface area contributed by atoms with Crippen molar-refractivity contribution in [1.29, 1.82) is 0 Å². The fourth-order valence-electron chi connectivity index (χ4n) is 3.23. The van der Waals surface area contributed by atoms with Gasteiger partial charge < -0.3 is 14.3 Å². The number of aromatic nitrogens is 2. The second kappa shape index (κ2) is 6.13. The zero-order valence-electron chi connectivity index (χ0n) is 14.0. The van der Waals surface area contributed by atoms with Crippen LogP contribution < -0.4 is 5.32 Å². The Labute approximate surface area is 141 Å². The lowest BCUT2D eigenvalue weighted by Crippen LogP contribution is -2.21. The Morgan fingerprint density at radius 1 is 1.12 bits per heavy atom. The average molecular weight is 319 g/mol. The monoisotopic (exact) mass is 319 g/mol. The highest BCUT2D eigenvalue weighted by atomic mass is 16.3. The molecular weight excluding hydrogens is 298 g/mol. The number of hydrogen-bond donors (Lipinski definition) is 1. The van der Waals surface area contributed by atoms with Gasteiger partial charge in [-0.15, -0.1) is 0 Å². The number of furan rings is 1. The van der Waals surface area contributed by atoms with E-state index < -0.39 is 0 Å². The first-order valence-corrected chi connectivity index (χ1v) is 8.42. The van der Waals surface area contributed by atoms with Crippen molar-refractivity contribution in [3.8, 4) is 0 Å². The summed E-state index contributed by atoms with van der Waals surface area (Å²) in [7, 11) is 0. The molecule has 122 valence electrons. The summed E-state index contributed by atoms with van der Waals surface area (Å²) in [6.45, 7) is 5.90. The van der Waals surface area contributed by atoms with Gasteiger partial charge in [0.15, 0.2) is 0 Å². The molecule has 2 aromatic carbocycles. The molecule has 4 nitrogen and oxygen atoms in total. The Morgan fingerprint density at radius 2 is 1.92 bits per heavy atom. The highest BCUT2D eigenvalue weighted by Crippen LogP contribution is 2.22. The third-order valence-corrected chi connectivity index (χ3v) is 4.45. The first-order chi connectivity index (χ1) is 11.8. The molecule has 0 bridgehead atoms. The minimum absolute atomic E-state index is 0.144. The Kier molecular flexibility index (Phi) is 3.82. The molecule has 0 aliphatic rings. The third-order valence-electron chi connectivity index (χ3n) is 4.45. The third kappa shape index (κ3) is 2.59. The summed E-state index contributed by atoms with van der Waals surface area (Å²) in [5.41, 5.74) is 3.17. The number of hydrogen-bond acceptors (Lipinski definition) is 3. The molecule has 4 aromatic rings. The van der Waals surface area contributed by atoms with Crippen LogP contribution in [0.5, 0.6) is 0 Å². The van der Waals surface area contributed by atoms with E-state index in [1.807, 2.05) is 24.3 Å². The van der Waals surface area contributed by atoms with Gasteiger partial charge in [-0.3, -0.25) is 0 Å². The van der Waals surface area contributed by atoms with Crippen LogP contribution in [0, 0.1) is 0 Å². The average Bonchev–Trinajstić information content (AvgIpc) is 3.20. The van der Waals surface area contributed by atoms with Crippen molar-refractivity contribution in [2.75, 3.05) is 0 Å². The largest absolute Gasteiger partial charge is 0.460 e. The highest BCUT2D eigenvalue weighted by molar-refractivity contribution is 5.77. The summed E-state index contributed by atoms with van der Waals surface area (Å²) in [4.78, 5) is 4.81. The lowest BCUT2D eigenvalue weighted by molar-refractivity contribution is 0.464. The van der Waals surface area contributed by atoms with Crippen molar-refractivity contribution in [2.24, 2.45) is 0 Å². The summed E-state index contributed by atoms with van der Waals surface area (Å²) in [6.07, 6.45) is 0. The van der Waals surface area contributed by atoms with Crippen molar-refractivity contribution in [3.63, 3.8) is 0 Å². The smallest absolute Gasteiger partial charge is 0.134 e. The maximum atomic E-state index is 5.88. The number of nitrogens with one attached hydrogen (secondary N) is 1. The maximum absolute atomic E-state index is 5.88. The van der Waals surface area contributed by atoms with E-state index in [-0.39, 0.29) is 6.04 Å². The SMILES string of the molecule is CCn1c(C(C)NCc2cc3ccccc3o2)nc2ccccc21. The normalized spacial score (nSPS) is 12.9. The Balaban J connectivity index is 1.56. The fraction of sp³-hybridized carbons (Fsp3) is 0.250. The summed E-state index contributed by atoms with van der Waals surface area (Å²) in [6, 6.07) is 18.6. The van der Waals surface area contributed by atoms with E-state index in [2.05, 4.69) is 54.1 Å². The van der Waals surface area contributed by atoms with E-state index >= 15 is 0 Å². The van der Waals surface area contributed by atoms with Crippen LogP contribution in [-0.2, 0) is 13.1 Å². The molecule has 0 spiro atoms. The molecule has 1 N–H and O–H groups in total. The summed E-state index contributed by atoms with van der Waals surface area (Å²) >= 11 is 0. The van der Waals surface area contributed by atoms with E-state index in [9.17, 15) is 0 Å². The molecule has 4 heteroatoms. The Morgan fingerprint density at radius 3 is 2.75 bits per heavy atom. The quantitative estimate of drug-likeness (QED) is 0.582. The molecule has 1 unspecified atom stereocenters. The van der Waals surface area contributed by atoms with Gasteiger partial charge >= 0.3 is 0 Å². The summed E-state index contributed by atoms with van der Waals surface area (Å²) in [5, 5.41) is 4.68. The molecule has 2 heterocycles. The molecule has 0 aliphatic carbocycles. The van der Waals surface area contributed by atoms with Gasteiger partial charge in [-0.1, -0.05) is 30.3 Å². The topological polar surface area (TPSA) is 43.0 Å². The molecule has 4 rings (SSSR count). The lowest BCUT2D eigenvalue weighted by atomic mass is 10.2. The van der Waals surface area contributed by atoms with Crippen molar-refractivity contribution in [3.05, 3.63) is 66.2 Å². The van der Waals surface area contributed by atoms with Crippen LogP contribution in [0.2, 0.25) is 0 Å². The summed E-state index contributed by atoms with van der Waals surface area (Å²) in [5.74, 6) is 2.01. The molecule has 0 amide bonds. The number of para-hydroxylation sites is 3. The number of rotatable bonds is 5. The van der Waals surface area contributed by atoms with Crippen molar-refractivity contribution in [2.45, 2.75) is 33.0 Å². The minimum atomic E-state index is 0.144. The van der Waals surface area contributed by atoms with Crippen LogP contribution in [0.1, 0.15) is 31.5 Å². The van der Waals surface area contributed by atoms with Crippen molar-refractivity contribution in [1.82, 2.24) is 14.9 Å². The number of fused-ring (bicyclic) bond motifs is 2. The first-order valence-electron chi connectivity index (χ1n) is 8.42. The van der Waals surface area contributed by atoms with Crippen LogP contribution in [0.4, 0.5) is 0 Å². The Hall–Kier alpha value is -2.59. The van der Waals surface area contributed by atoms with Crippen LogP contribution in [-0.4, -0.2) is 9.55 Å². The fourth-order valence-corrected chi connectivity index (χ4v) is 3.23. The molecular formula is C20H21N3O. The predicted octanol–water partition coefficient (Wildman–Crippen LogP) is 4.65.